The molecule has 0 unspecified atom stereocenters. The molecule has 6 heteroatoms. The second kappa shape index (κ2) is 8.65. The molecule has 0 spiro atoms. The summed E-state index contributed by atoms with van der Waals surface area (Å²) < 4.78 is 0. The summed E-state index contributed by atoms with van der Waals surface area (Å²) in [6.07, 6.45) is 4.72. The first-order valence-corrected chi connectivity index (χ1v) is 8.90. The first-order valence-electron chi connectivity index (χ1n) is 8.90. The highest BCUT2D eigenvalue weighted by Crippen LogP contribution is 2.19. The van der Waals surface area contributed by atoms with E-state index in [1.807, 2.05) is 13.0 Å². The molecule has 0 heterocycles. The predicted octanol–water partition coefficient (Wildman–Crippen LogP) is 1.76. The molecule has 1 aromatic carbocycles. The van der Waals surface area contributed by atoms with Crippen molar-refractivity contribution in [1.29, 1.82) is 0 Å². The number of hydrogen-bond acceptors (Lipinski definition) is 3. The van der Waals surface area contributed by atoms with E-state index in [0.717, 1.165) is 25.7 Å². The summed E-state index contributed by atoms with van der Waals surface area (Å²) in [6, 6.07) is 8.90. The Hall–Kier alpha value is -2.37. The Morgan fingerprint density at radius 2 is 1.76 bits per heavy atom. The Morgan fingerprint density at radius 1 is 1.12 bits per heavy atom. The quantitative estimate of drug-likeness (QED) is 0.704. The Bertz CT molecular complexity index is 612. The van der Waals surface area contributed by atoms with Crippen LogP contribution in [0.3, 0.4) is 0 Å². The fourth-order valence-electron chi connectivity index (χ4n) is 2.92. The molecule has 0 saturated heterocycles. The van der Waals surface area contributed by atoms with Gasteiger partial charge in [0.1, 0.15) is 5.54 Å². The van der Waals surface area contributed by atoms with Crippen LogP contribution in [0.5, 0.6) is 0 Å². The Morgan fingerprint density at radius 3 is 2.36 bits per heavy atom. The molecule has 1 aliphatic rings. The molecule has 1 aliphatic carbocycles. The molecule has 1 saturated carbocycles. The molecule has 136 valence electrons. The minimum absolute atomic E-state index is 0.162. The number of benzene rings is 1. The SMILES string of the molecule is CC[C@@](C)(NC(=O)CNC(=O)c1ccccc1)C(=O)NC1CCCC1. The molecule has 0 radical (unpaired) electrons. The van der Waals surface area contributed by atoms with Crippen molar-refractivity contribution in [2.24, 2.45) is 0 Å². The monoisotopic (exact) mass is 345 g/mol. The van der Waals surface area contributed by atoms with Crippen LogP contribution in [0.15, 0.2) is 30.3 Å². The van der Waals surface area contributed by atoms with Crippen molar-refractivity contribution in [3.63, 3.8) is 0 Å². The van der Waals surface area contributed by atoms with Crippen LogP contribution in [0.2, 0.25) is 0 Å². The van der Waals surface area contributed by atoms with Crippen molar-refractivity contribution in [1.82, 2.24) is 16.0 Å². The topological polar surface area (TPSA) is 87.3 Å². The summed E-state index contributed by atoms with van der Waals surface area (Å²) in [6.45, 7) is 3.41. The number of hydrogen-bond donors (Lipinski definition) is 3. The smallest absolute Gasteiger partial charge is 0.251 e. The van der Waals surface area contributed by atoms with Gasteiger partial charge in [0.05, 0.1) is 6.54 Å². The zero-order chi connectivity index (χ0) is 18.3. The average Bonchev–Trinajstić information content (AvgIpc) is 3.13. The molecule has 0 aliphatic heterocycles. The molecular weight excluding hydrogens is 318 g/mol. The van der Waals surface area contributed by atoms with Crippen LogP contribution in [-0.2, 0) is 9.59 Å². The van der Waals surface area contributed by atoms with Crippen LogP contribution < -0.4 is 16.0 Å². The van der Waals surface area contributed by atoms with E-state index in [-0.39, 0.29) is 30.3 Å². The molecule has 0 aromatic heterocycles. The summed E-state index contributed by atoms with van der Waals surface area (Å²) >= 11 is 0. The van der Waals surface area contributed by atoms with Gasteiger partial charge in [-0.25, -0.2) is 0 Å². The third kappa shape index (κ3) is 5.31. The van der Waals surface area contributed by atoms with Crippen LogP contribution in [0.1, 0.15) is 56.3 Å². The van der Waals surface area contributed by atoms with E-state index in [2.05, 4.69) is 16.0 Å². The fraction of sp³-hybridized carbons (Fsp3) is 0.526. The van der Waals surface area contributed by atoms with E-state index in [0.29, 0.717) is 12.0 Å². The zero-order valence-corrected chi connectivity index (χ0v) is 14.9. The van der Waals surface area contributed by atoms with Gasteiger partial charge in [0.25, 0.3) is 5.91 Å². The summed E-state index contributed by atoms with van der Waals surface area (Å²) in [5.41, 5.74) is -0.482. The second-order valence-corrected chi connectivity index (χ2v) is 6.74. The van der Waals surface area contributed by atoms with Gasteiger partial charge in [-0.1, -0.05) is 38.0 Å². The lowest BCUT2D eigenvalue weighted by Gasteiger charge is -2.30. The van der Waals surface area contributed by atoms with Gasteiger partial charge in [-0.3, -0.25) is 14.4 Å². The zero-order valence-electron chi connectivity index (χ0n) is 14.9. The molecule has 25 heavy (non-hydrogen) atoms. The maximum atomic E-state index is 12.5. The minimum atomic E-state index is -0.975. The fourth-order valence-corrected chi connectivity index (χ4v) is 2.92. The van der Waals surface area contributed by atoms with Gasteiger partial charge < -0.3 is 16.0 Å². The number of nitrogens with one attached hydrogen (secondary N) is 3. The molecule has 0 bridgehead atoms. The second-order valence-electron chi connectivity index (χ2n) is 6.74. The van der Waals surface area contributed by atoms with Crippen LogP contribution in [-0.4, -0.2) is 35.8 Å². The van der Waals surface area contributed by atoms with Gasteiger partial charge in [-0.15, -0.1) is 0 Å². The highest BCUT2D eigenvalue weighted by atomic mass is 16.2. The van der Waals surface area contributed by atoms with Gasteiger partial charge in [0.2, 0.25) is 11.8 Å². The Balaban J connectivity index is 1.85. The lowest BCUT2D eigenvalue weighted by molar-refractivity contribution is -0.133. The van der Waals surface area contributed by atoms with Crippen molar-refractivity contribution in [3.8, 4) is 0 Å². The van der Waals surface area contributed by atoms with Crippen LogP contribution in [0.4, 0.5) is 0 Å². The van der Waals surface area contributed by atoms with Crippen LogP contribution in [0, 0.1) is 0 Å². The lowest BCUT2D eigenvalue weighted by atomic mass is 9.96. The van der Waals surface area contributed by atoms with Gasteiger partial charge >= 0.3 is 0 Å². The van der Waals surface area contributed by atoms with Gasteiger partial charge in [0, 0.05) is 11.6 Å². The molecule has 2 rings (SSSR count). The number of amides is 3. The van der Waals surface area contributed by atoms with E-state index < -0.39 is 5.54 Å². The van der Waals surface area contributed by atoms with Crippen LogP contribution in [0.25, 0.3) is 0 Å². The molecule has 3 N–H and O–H groups in total. The van der Waals surface area contributed by atoms with E-state index >= 15 is 0 Å². The lowest BCUT2D eigenvalue weighted by Crippen LogP contribution is -2.59. The third-order valence-electron chi connectivity index (χ3n) is 4.76. The molecule has 1 fully saturated rings. The van der Waals surface area contributed by atoms with E-state index in [1.54, 1.807) is 31.2 Å². The van der Waals surface area contributed by atoms with Crippen molar-refractivity contribution >= 4 is 17.7 Å². The van der Waals surface area contributed by atoms with Gasteiger partial charge in [-0.05, 0) is 38.3 Å². The maximum Gasteiger partial charge on any atom is 0.251 e. The summed E-state index contributed by atoms with van der Waals surface area (Å²) in [7, 11) is 0. The minimum Gasteiger partial charge on any atom is -0.351 e. The van der Waals surface area contributed by atoms with Gasteiger partial charge in [-0.2, -0.15) is 0 Å². The molecular formula is C19H27N3O3. The molecule has 1 atom stereocenters. The average molecular weight is 345 g/mol. The van der Waals surface area contributed by atoms with Crippen molar-refractivity contribution in [2.75, 3.05) is 6.54 Å². The Labute approximate surface area is 148 Å². The van der Waals surface area contributed by atoms with E-state index in [4.69, 9.17) is 0 Å². The standard InChI is InChI=1S/C19H27N3O3/c1-3-19(2,18(25)21-15-11-7-8-12-15)22-16(23)13-20-17(24)14-9-5-4-6-10-14/h4-6,9-10,15H,3,7-8,11-13H2,1-2H3,(H,20,24)(H,21,25)(H,22,23)/t19-/m1/s1. The third-order valence-corrected chi connectivity index (χ3v) is 4.76. The summed E-state index contributed by atoms with van der Waals surface area (Å²) in [5, 5.41) is 8.36. The number of rotatable bonds is 7. The van der Waals surface area contributed by atoms with Crippen molar-refractivity contribution in [3.05, 3.63) is 35.9 Å². The number of carbonyl (C=O) groups excluding carboxylic acids is 3. The molecule has 3 amide bonds. The number of carbonyl (C=O) groups is 3. The molecule has 6 nitrogen and oxygen atoms in total. The maximum absolute atomic E-state index is 12.5. The summed E-state index contributed by atoms with van der Waals surface area (Å²) in [4.78, 5) is 36.7. The normalized spacial score (nSPS) is 16.7. The highest BCUT2D eigenvalue weighted by molar-refractivity contribution is 5.97. The molecule has 1 aromatic rings. The first-order chi connectivity index (χ1) is 11.9. The van der Waals surface area contributed by atoms with E-state index in [9.17, 15) is 14.4 Å². The van der Waals surface area contributed by atoms with Crippen molar-refractivity contribution < 1.29 is 14.4 Å². The predicted molar refractivity (Wildman–Crippen MR) is 96.0 cm³/mol. The van der Waals surface area contributed by atoms with Gasteiger partial charge in [0.15, 0.2) is 0 Å². The summed E-state index contributed by atoms with van der Waals surface area (Å²) in [5.74, 6) is -0.857. The van der Waals surface area contributed by atoms with E-state index in [1.165, 1.54) is 0 Å². The highest BCUT2D eigenvalue weighted by Gasteiger charge is 2.34. The van der Waals surface area contributed by atoms with Crippen LogP contribution >= 0.6 is 0 Å². The largest absolute Gasteiger partial charge is 0.351 e. The first kappa shape index (κ1) is 19.0. The Kier molecular flexibility index (Phi) is 6.56. The van der Waals surface area contributed by atoms with Crippen molar-refractivity contribution in [2.45, 2.75) is 57.5 Å².